The lowest BCUT2D eigenvalue weighted by Gasteiger charge is -2.01. The monoisotopic (exact) mass is 139 g/mol. The van der Waals surface area contributed by atoms with Gasteiger partial charge in [-0.2, -0.15) is 5.01 Å². The van der Waals surface area contributed by atoms with Gasteiger partial charge in [-0.05, 0) is 12.2 Å². The zero-order chi connectivity index (χ0) is 7.40. The number of hydrogen-bond donors (Lipinski definition) is 1. The highest BCUT2D eigenvalue weighted by Gasteiger charge is 2.05. The Kier molecular flexibility index (Phi) is 1.79. The molecule has 0 aliphatic carbocycles. The first-order valence-electron chi connectivity index (χ1n) is 2.57. The van der Waals surface area contributed by atoms with E-state index in [4.69, 9.17) is 5.11 Å². The van der Waals surface area contributed by atoms with Crippen LogP contribution in [0.25, 0.3) is 0 Å². The third kappa shape index (κ3) is 1.41. The van der Waals surface area contributed by atoms with Crippen molar-refractivity contribution in [1.82, 2.24) is 5.01 Å². The van der Waals surface area contributed by atoms with Gasteiger partial charge in [0.05, 0.1) is 6.20 Å². The van der Waals surface area contributed by atoms with E-state index >= 15 is 0 Å². The lowest BCUT2D eigenvalue weighted by atomic mass is 10.6. The molecule has 0 unspecified atom stereocenters. The third-order valence-electron chi connectivity index (χ3n) is 0.835. The summed E-state index contributed by atoms with van der Waals surface area (Å²) < 4.78 is 0. The van der Waals surface area contributed by atoms with E-state index < -0.39 is 6.09 Å². The molecule has 0 radical (unpaired) electrons. The van der Waals surface area contributed by atoms with Crippen molar-refractivity contribution < 1.29 is 9.90 Å². The second kappa shape index (κ2) is 2.77. The van der Waals surface area contributed by atoms with Crippen LogP contribution in [0.2, 0.25) is 0 Å². The average Bonchev–Trinajstić information content (AvgIpc) is 2.12. The molecular weight excluding hydrogens is 134 g/mol. The number of carboxylic acid groups (broad SMARTS) is 1. The van der Waals surface area contributed by atoms with E-state index in [0.717, 1.165) is 5.01 Å². The minimum absolute atomic E-state index is 0.722. The Bertz CT molecular complexity index is 203. The van der Waals surface area contributed by atoms with Crippen molar-refractivity contribution in [3.63, 3.8) is 0 Å². The molecule has 0 aromatic heterocycles. The summed E-state index contributed by atoms with van der Waals surface area (Å²) in [5.41, 5.74) is 0. The molecule has 5 heteroatoms. The van der Waals surface area contributed by atoms with Crippen LogP contribution >= 0.6 is 0 Å². The van der Waals surface area contributed by atoms with Gasteiger partial charge in [-0.15, -0.1) is 5.11 Å². The molecule has 0 saturated carbocycles. The van der Waals surface area contributed by atoms with Crippen LogP contribution in [-0.4, -0.2) is 16.2 Å². The Morgan fingerprint density at radius 2 is 2.30 bits per heavy atom. The van der Waals surface area contributed by atoms with Crippen LogP contribution in [-0.2, 0) is 0 Å². The van der Waals surface area contributed by atoms with Crippen LogP contribution in [0.1, 0.15) is 0 Å². The second-order valence-electron chi connectivity index (χ2n) is 1.52. The lowest BCUT2D eigenvalue weighted by molar-refractivity contribution is 0.162. The molecule has 10 heavy (non-hydrogen) atoms. The first-order chi connectivity index (χ1) is 4.80. The maximum Gasteiger partial charge on any atom is 0.433 e. The summed E-state index contributed by atoms with van der Waals surface area (Å²) in [5.74, 6) is 0. The van der Waals surface area contributed by atoms with E-state index in [1.54, 1.807) is 6.08 Å². The Hall–Kier alpha value is -1.65. The minimum atomic E-state index is -1.15. The van der Waals surface area contributed by atoms with Gasteiger partial charge in [0.2, 0.25) is 0 Å². The molecule has 1 heterocycles. The summed E-state index contributed by atoms with van der Waals surface area (Å²) in [5, 5.41) is 15.8. The van der Waals surface area contributed by atoms with Crippen molar-refractivity contribution in [3.8, 4) is 0 Å². The van der Waals surface area contributed by atoms with Crippen LogP contribution in [0.4, 0.5) is 4.79 Å². The minimum Gasteiger partial charge on any atom is -0.463 e. The number of rotatable bonds is 0. The van der Waals surface area contributed by atoms with Crippen LogP contribution < -0.4 is 0 Å². The number of nitrogens with zero attached hydrogens (tertiary/aromatic N) is 3. The van der Waals surface area contributed by atoms with Gasteiger partial charge >= 0.3 is 6.09 Å². The lowest BCUT2D eigenvalue weighted by Crippen LogP contribution is -2.15. The fourth-order valence-corrected chi connectivity index (χ4v) is 0.437. The molecule has 0 aromatic rings. The normalized spacial score (nSPS) is 15.4. The molecule has 1 rings (SSSR count). The molecule has 0 fully saturated rings. The molecule has 0 bridgehead atoms. The van der Waals surface area contributed by atoms with Crippen molar-refractivity contribution in [2.75, 3.05) is 0 Å². The van der Waals surface area contributed by atoms with E-state index in [-0.39, 0.29) is 0 Å². The van der Waals surface area contributed by atoms with Gasteiger partial charge in [0, 0.05) is 6.20 Å². The summed E-state index contributed by atoms with van der Waals surface area (Å²) >= 11 is 0. The number of allylic oxidation sites excluding steroid dienone is 2. The molecule has 0 aromatic carbocycles. The molecule has 52 valence electrons. The van der Waals surface area contributed by atoms with Gasteiger partial charge in [0.15, 0.2) is 0 Å². The summed E-state index contributed by atoms with van der Waals surface area (Å²) in [6.45, 7) is 0. The van der Waals surface area contributed by atoms with Crippen LogP contribution in [0, 0.1) is 0 Å². The van der Waals surface area contributed by atoms with E-state index in [9.17, 15) is 4.79 Å². The van der Waals surface area contributed by atoms with E-state index in [0.29, 0.717) is 0 Å². The van der Waals surface area contributed by atoms with Crippen molar-refractivity contribution in [2.45, 2.75) is 0 Å². The first kappa shape index (κ1) is 6.47. The van der Waals surface area contributed by atoms with Gasteiger partial charge < -0.3 is 5.11 Å². The fourth-order valence-electron chi connectivity index (χ4n) is 0.437. The summed E-state index contributed by atoms with van der Waals surface area (Å²) in [6.07, 6.45) is 4.68. The van der Waals surface area contributed by atoms with Crippen LogP contribution in [0.3, 0.4) is 0 Å². The molecule has 1 amide bonds. The molecule has 0 spiro atoms. The molecule has 1 aliphatic rings. The highest BCUT2D eigenvalue weighted by molar-refractivity contribution is 5.65. The van der Waals surface area contributed by atoms with Gasteiger partial charge in [0.1, 0.15) is 0 Å². The predicted octanol–water partition coefficient (Wildman–Crippen LogP) is 1.37. The number of hydrogen-bond acceptors (Lipinski definition) is 3. The van der Waals surface area contributed by atoms with Crippen molar-refractivity contribution in [2.24, 2.45) is 10.3 Å². The van der Waals surface area contributed by atoms with Crippen molar-refractivity contribution >= 4 is 6.09 Å². The SMILES string of the molecule is O=C(O)N1C=CC=CN=N1. The molecule has 0 atom stereocenters. The van der Waals surface area contributed by atoms with E-state index in [2.05, 4.69) is 10.3 Å². The molecule has 1 N–H and O–H groups in total. The van der Waals surface area contributed by atoms with Crippen LogP contribution in [0.5, 0.6) is 0 Å². The summed E-state index contributed by atoms with van der Waals surface area (Å²) in [4.78, 5) is 10.2. The summed E-state index contributed by atoms with van der Waals surface area (Å²) in [7, 11) is 0. The molecular formula is C5H5N3O2. The Balaban J connectivity index is 2.72. The van der Waals surface area contributed by atoms with Gasteiger partial charge in [-0.3, -0.25) is 0 Å². The molecule has 0 saturated heterocycles. The quantitative estimate of drug-likeness (QED) is 0.550. The van der Waals surface area contributed by atoms with Crippen LogP contribution in [0.15, 0.2) is 34.9 Å². The third-order valence-corrected chi connectivity index (χ3v) is 0.835. The Labute approximate surface area is 56.9 Å². The predicted molar refractivity (Wildman–Crippen MR) is 33.0 cm³/mol. The number of carbonyl (C=O) groups is 1. The standard InChI is InChI=1S/C5H5N3O2/c9-5(10)8-4-2-1-3-6-7-8/h1-4H,(H,9,10). The first-order valence-corrected chi connectivity index (χ1v) is 2.57. The fraction of sp³-hybridized carbons (Fsp3) is 0. The highest BCUT2D eigenvalue weighted by Crippen LogP contribution is 1.98. The van der Waals surface area contributed by atoms with Crippen molar-refractivity contribution in [3.05, 3.63) is 24.6 Å². The Morgan fingerprint density at radius 3 is 3.00 bits per heavy atom. The smallest absolute Gasteiger partial charge is 0.433 e. The highest BCUT2D eigenvalue weighted by atomic mass is 16.4. The average molecular weight is 139 g/mol. The van der Waals surface area contributed by atoms with Gasteiger partial charge in [-0.1, -0.05) is 5.22 Å². The van der Waals surface area contributed by atoms with Gasteiger partial charge in [-0.25, -0.2) is 4.79 Å². The Morgan fingerprint density at radius 1 is 1.50 bits per heavy atom. The number of amides is 1. The molecule has 5 nitrogen and oxygen atoms in total. The largest absolute Gasteiger partial charge is 0.463 e. The van der Waals surface area contributed by atoms with E-state index in [1.165, 1.54) is 18.5 Å². The summed E-state index contributed by atoms with van der Waals surface area (Å²) in [6, 6.07) is 0. The maximum absolute atomic E-state index is 10.2. The molecule has 1 aliphatic heterocycles. The zero-order valence-corrected chi connectivity index (χ0v) is 5.01. The topological polar surface area (TPSA) is 65.3 Å². The van der Waals surface area contributed by atoms with Crippen molar-refractivity contribution in [1.29, 1.82) is 0 Å². The zero-order valence-electron chi connectivity index (χ0n) is 5.01. The maximum atomic E-state index is 10.2. The second-order valence-corrected chi connectivity index (χ2v) is 1.52. The van der Waals surface area contributed by atoms with E-state index in [1.807, 2.05) is 0 Å². The van der Waals surface area contributed by atoms with Gasteiger partial charge in [0.25, 0.3) is 0 Å².